The van der Waals surface area contributed by atoms with Gasteiger partial charge in [0.15, 0.2) is 12.2 Å². The summed E-state index contributed by atoms with van der Waals surface area (Å²) in [7, 11) is 0. The maximum absolute atomic E-state index is 10.9. The number of esters is 3. The zero-order valence-electron chi connectivity index (χ0n) is 18.0. The third-order valence-corrected chi connectivity index (χ3v) is 3.13. The molecule has 2 atom stereocenters. The van der Waals surface area contributed by atoms with E-state index in [2.05, 4.69) is 43.4 Å². The number of aliphatic hydroxyl groups excluding tert-OH is 1. The summed E-state index contributed by atoms with van der Waals surface area (Å²) in [5, 5.41) is 8.33. The third-order valence-electron chi connectivity index (χ3n) is 3.13. The van der Waals surface area contributed by atoms with Gasteiger partial charge in [-0.1, -0.05) is 19.7 Å². The SMILES string of the molecule is C=C(C)C(=O)OC(=O)C(=C)C.C=C(C)C(=O)OCC1COC(=O)O1.O=C1OCC(CO)O1. The Bertz CT molecular complexity index is 743. The van der Waals surface area contributed by atoms with Gasteiger partial charge in [-0.15, -0.1) is 0 Å². The van der Waals surface area contributed by atoms with Crippen LogP contribution in [0.1, 0.15) is 20.8 Å². The van der Waals surface area contributed by atoms with E-state index in [9.17, 15) is 24.0 Å². The molecule has 0 aromatic rings. The van der Waals surface area contributed by atoms with Crippen LogP contribution in [0.4, 0.5) is 9.59 Å². The number of hydrogen-bond acceptors (Lipinski definition) is 12. The molecule has 0 aliphatic carbocycles. The van der Waals surface area contributed by atoms with Crippen LogP contribution in [0.2, 0.25) is 0 Å². The first-order valence-corrected chi connectivity index (χ1v) is 9.05. The standard InChI is InChI=1S/C8H10O5.C8H10O3.C4H6O4/c1-5(2)7(9)11-3-6-4-12-8(10)13-6;1-5(2)7(9)11-8(10)6(3)4;5-1-3-2-7-4(6)8-3/h6H,1,3-4H2,2H3;1,3H2,2,4H3;3,5H,1-2H2. The van der Waals surface area contributed by atoms with Gasteiger partial charge in [-0.25, -0.2) is 24.0 Å². The number of ether oxygens (including phenoxy) is 6. The highest BCUT2D eigenvalue weighted by Gasteiger charge is 2.26. The third kappa shape index (κ3) is 12.1. The second-order valence-electron chi connectivity index (χ2n) is 6.40. The maximum atomic E-state index is 10.9. The number of rotatable bonds is 6. The molecule has 1 N–H and O–H groups in total. The van der Waals surface area contributed by atoms with Crippen molar-refractivity contribution in [2.24, 2.45) is 0 Å². The summed E-state index contributed by atoms with van der Waals surface area (Å²) in [6.45, 7) is 14.7. The number of carbonyl (C=O) groups is 5. The lowest BCUT2D eigenvalue weighted by molar-refractivity contribution is -0.154. The summed E-state index contributed by atoms with van der Waals surface area (Å²) in [5.41, 5.74) is 0.699. The van der Waals surface area contributed by atoms with E-state index in [4.69, 9.17) is 9.84 Å². The van der Waals surface area contributed by atoms with E-state index >= 15 is 0 Å². The minimum absolute atomic E-state index is 0.0113. The molecule has 2 saturated heterocycles. The fourth-order valence-corrected chi connectivity index (χ4v) is 1.45. The first-order chi connectivity index (χ1) is 14.9. The molecule has 2 aliphatic rings. The highest BCUT2D eigenvalue weighted by Crippen LogP contribution is 2.07. The Morgan fingerprint density at radius 3 is 1.53 bits per heavy atom. The van der Waals surface area contributed by atoms with Gasteiger partial charge in [-0.05, 0) is 20.8 Å². The normalized spacial score (nSPS) is 18.0. The van der Waals surface area contributed by atoms with Gasteiger partial charge in [0, 0.05) is 16.7 Å². The van der Waals surface area contributed by atoms with Gasteiger partial charge in [-0.2, -0.15) is 0 Å². The Balaban J connectivity index is 0.000000463. The molecule has 0 spiro atoms. The lowest BCUT2D eigenvalue weighted by Crippen LogP contribution is -2.20. The van der Waals surface area contributed by atoms with Crippen LogP contribution in [0, 0.1) is 0 Å². The lowest BCUT2D eigenvalue weighted by atomic mass is 10.3. The smallest absolute Gasteiger partial charge is 0.458 e. The average Bonchev–Trinajstić information content (AvgIpc) is 3.34. The number of hydrogen-bond donors (Lipinski definition) is 1. The fraction of sp³-hybridized carbons (Fsp3) is 0.450. The average molecular weight is 458 g/mol. The minimum atomic E-state index is -0.726. The molecule has 0 radical (unpaired) electrons. The van der Waals surface area contributed by atoms with E-state index in [0.29, 0.717) is 5.57 Å². The molecule has 12 heteroatoms. The first-order valence-electron chi connectivity index (χ1n) is 9.05. The quantitative estimate of drug-likeness (QED) is 0.264. The van der Waals surface area contributed by atoms with Crippen molar-refractivity contribution >= 4 is 30.2 Å². The second-order valence-corrected chi connectivity index (χ2v) is 6.40. The van der Waals surface area contributed by atoms with Crippen molar-refractivity contribution in [3.8, 4) is 0 Å². The zero-order chi connectivity index (χ0) is 24.8. The van der Waals surface area contributed by atoms with Crippen LogP contribution in [0.15, 0.2) is 36.5 Å². The molecule has 2 unspecified atom stereocenters. The van der Waals surface area contributed by atoms with E-state index in [0.717, 1.165) is 0 Å². The minimum Gasteiger partial charge on any atom is -0.458 e. The van der Waals surface area contributed by atoms with Crippen LogP contribution < -0.4 is 0 Å². The molecule has 178 valence electrons. The molecule has 2 aliphatic heterocycles. The summed E-state index contributed by atoms with van der Waals surface area (Å²) in [6, 6.07) is 0. The highest BCUT2D eigenvalue weighted by atomic mass is 16.8. The first kappa shape index (κ1) is 28.3. The highest BCUT2D eigenvalue weighted by molar-refractivity contribution is 6.00. The van der Waals surface area contributed by atoms with Crippen molar-refractivity contribution in [1.29, 1.82) is 0 Å². The van der Waals surface area contributed by atoms with Gasteiger partial charge in [0.2, 0.25) is 0 Å². The van der Waals surface area contributed by atoms with Gasteiger partial charge in [0.1, 0.15) is 19.8 Å². The van der Waals surface area contributed by atoms with Gasteiger partial charge >= 0.3 is 30.2 Å². The summed E-state index contributed by atoms with van der Waals surface area (Å²) in [5.74, 6) is -1.92. The topological polar surface area (TPSA) is 161 Å². The Morgan fingerprint density at radius 2 is 1.25 bits per heavy atom. The van der Waals surface area contributed by atoms with Gasteiger partial charge in [0.25, 0.3) is 0 Å². The van der Waals surface area contributed by atoms with Crippen LogP contribution >= 0.6 is 0 Å². The predicted molar refractivity (Wildman–Crippen MR) is 106 cm³/mol. The maximum Gasteiger partial charge on any atom is 0.508 e. The summed E-state index contributed by atoms with van der Waals surface area (Å²) < 4.78 is 26.9. The van der Waals surface area contributed by atoms with E-state index in [-0.39, 0.29) is 37.6 Å². The van der Waals surface area contributed by atoms with Gasteiger partial charge < -0.3 is 33.5 Å². The summed E-state index contributed by atoms with van der Waals surface area (Å²) in [6.07, 6.45) is -2.35. The van der Waals surface area contributed by atoms with E-state index < -0.39 is 42.4 Å². The van der Waals surface area contributed by atoms with Crippen molar-refractivity contribution in [3.05, 3.63) is 36.5 Å². The molecule has 0 saturated carbocycles. The van der Waals surface area contributed by atoms with Crippen molar-refractivity contribution < 1.29 is 57.5 Å². The molecule has 32 heavy (non-hydrogen) atoms. The van der Waals surface area contributed by atoms with Crippen LogP contribution in [-0.4, -0.2) is 74.0 Å². The Hall–Kier alpha value is -3.67. The van der Waals surface area contributed by atoms with Crippen molar-refractivity contribution in [1.82, 2.24) is 0 Å². The molecule has 0 aromatic carbocycles. The van der Waals surface area contributed by atoms with Gasteiger partial charge in [0.05, 0.1) is 6.61 Å². The lowest BCUT2D eigenvalue weighted by Gasteiger charge is -2.06. The molecule has 2 heterocycles. The molecule has 0 amide bonds. The molecule has 2 rings (SSSR count). The number of cyclic esters (lactones) is 4. The molecule has 2 fully saturated rings. The summed E-state index contributed by atoms with van der Waals surface area (Å²) >= 11 is 0. The van der Waals surface area contributed by atoms with Crippen LogP contribution in [0.5, 0.6) is 0 Å². The largest absolute Gasteiger partial charge is 0.508 e. The molecule has 0 aromatic heterocycles. The van der Waals surface area contributed by atoms with Crippen LogP contribution in [0.25, 0.3) is 0 Å². The van der Waals surface area contributed by atoms with Crippen LogP contribution in [-0.2, 0) is 42.8 Å². The number of carbonyl (C=O) groups excluding carboxylic acids is 5. The van der Waals surface area contributed by atoms with Crippen molar-refractivity contribution in [2.45, 2.75) is 33.0 Å². The molecule has 12 nitrogen and oxygen atoms in total. The van der Waals surface area contributed by atoms with Crippen molar-refractivity contribution in [2.75, 3.05) is 26.4 Å². The monoisotopic (exact) mass is 458 g/mol. The van der Waals surface area contributed by atoms with E-state index in [1.165, 1.54) is 13.8 Å². The predicted octanol–water partition coefficient (Wildman–Crippen LogP) is 1.36. The van der Waals surface area contributed by atoms with Crippen LogP contribution in [0.3, 0.4) is 0 Å². The van der Waals surface area contributed by atoms with Gasteiger partial charge in [-0.3, -0.25) is 0 Å². The Kier molecular flexibility index (Phi) is 12.7. The molecular weight excluding hydrogens is 432 g/mol. The Labute approximate surface area is 184 Å². The Morgan fingerprint density at radius 1 is 0.844 bits per heavy atom. The molecular formula is C20H26O12. The molecule has 0 bridgehead atoms. The second kappa shape index (κ2) is 14.4. The fourth-order valence-electron chi connectivity index (χ4n) is 1.45. The van der Waals surface area contributed by atoms with E-state index in [1.54, 1.807) is 6.92 Å². The van der Waals surface area contributed by atoms with E-state index in [1.807, 2.05) is 0 Å². The number of aliphatic hydroxyl groups is 1. The summed E-state index contributed by atoms with van der Waals surface area (Å²) in [4.78, 5) is 52.7. The van der Waals surface area contributed by atoms with Crippen molar-refractivity contribution in [3.63, 3.8) is 0 Å². The zero-order valence-corrected chi connectivity index (χ0v) is 18.0.